The van der Waals surface area contributed by atoms with Gasteiger partial charge in [-0.15, -0.1) is 0 Å². The van der Waals surface area contributed by atoms with E-state index in [1.165, 1.54) is 18.4 Å². The summed E-state index contributed by atoms with van der Waals surface area (Å²) >= 11 is 0. The molecule has 1 aliphatic heterocycles. The van der Waals surface area contributed by atoms with Crippen molar-refractivity contribution in [2.45, 2.75) is 72.3 Å². The van der Waals surface area contributed by atoms with E-state index >= 15 is 0 Å². The number of hydrogen-bond acceptors (Lipinski definition) is 6. The van der Waals surface area contributed by atoms with Crippen LogP contribution in [-0.4, -0.2) is 55.3 Å². The quantitative estimate of drug-likeness (QED) is 0.374. The van der Waals surface area contributed by atoms with Crippen molar-refractivity contribution in [3.8, 4) is 0 Å². The molecule has 0 atom stereocenters. The van der Waals surface area contributed by atoms with Gasteiger partial charge in [0, 0.05) is 31.2 Å². The second-order valence-electron chi connectivity index (χ2n) is 11.3. The van der Waals surface area contributed by atoms with Gasteiger partial charge in [0.15, 0.2) is 5.76 Å². The van der Waals surface area contributed by atoms with Crippen molar-refractivity contribution in [1.82, 2.24) is 15.5 Å². The van der Waals surface area contributed by atoms with Gasteiger partial charge in [-0.3, -0.25) is 4.79 Å². The molecule has 212 valence electrons. The van der Waals surface area contributed by atoms with Crippen molar-refractivity contribution in [3.05, 3.63) is 64.3 Å². The Morgan fingerprint density at radius 2 is 1.82 bits per heavy atom. The Morgan fingerprint density at radius 3 is 2.46 bits per heavy atom. The van der Waals surface area contributed by atoms with E-state index in [0.717, 1.165) is 47.7 Å². The summed E-state index contributed by atoms with van der Waals surface area (Å²) in [6.45, 7) is 12.3. The molecule has 3 aliphatic rings. The van der Waals surface area contributed by atoms with Gasteiger partial charge < -0.3 is 29.7 Å². The van der Waals surface area contributed by atoms with Crippen LogP contribution in [0.3, 0.4) is 0 Å². The zero-order valence-electron chi connectivity index (χ0n) is 24.0. The lowest BCUT2D eigenvalue weighted by Crippen LogP contribution is -2.34. The molecule has 1 fully saturated rings. The maximum Gasteiger partial charge on any atom is 0.407 e. The third-order valence-electron chi connectivity index (χ3n) is 6.76. The van der Waals surface area contributed by atoms with Gasteiger partial charge >= 0.3 is 6.09 Å². The molecule has 1 aromatic carbocycles. The van der Waals surface area contributed by atoms with Crippen LogP contribution < -0.4 is 10.6 Å². The number of hydrogen-bond donors (Lipinski definition) is 2. The zero-order valence-corrected chi connectivity index (χ0v) is 24.0. The molecular formula is C31H43N3O5. The first-order valence-electron chi connectivity index (χ1n) is 14.2. The van der Waals surface area contributed by atoms with Gasteiger partial charge in [-0.05, 0) is 77.3 Å². The van der Waals surface area contributed by atoms with Crippen LogP contribution in [-0.2, 0) is 25.4 Å². The second-order valence-corrected chi connectivity index (χ2v) is 11.3. The van der Waals surface area contributed by atoms with Crippen LogP contribution in [0.2, 0.25) is 0 Å². The largest absolute Gasteiger partial charge is 0.494 e. The Labute approximate surface area is 232 Å². The third-order valence-corrected chi connectivity index (χ3v) is 6.76. The van der Waals surface area contributed by atoms with Gasteiger partial charge in [0.25, 0.3) is 0 Å². The second kappa shape index (κ2) is 12.6. The van der Waals surface area contributed by atoms with Crippen LogP contribution in [0.15, 0.2) is 53.1 Å². The minimum absolute atomic E-state index is 0.0146. The SMILES string of the molecule is CCOC1=C(OCC)CC2=C(c3ccc(CCCNC(=O)OC(C)(C)C)cc3)N(CC3CC3)CC(=O)NC2=C1. The molecule has 2 amide bonds. The van der Waals surface area contributed by atoms with Crippen LogP contribution in [0.25, 0.3) is 5.70 Å². The predicted octanol–water partition coefficient (Wildman–Crippen LogP) is 5.27. The number of nitrogens with one attached hydrogen (secondary N) is 2. The van der Waals surface area contributed by atoms with Gasteiger partial charge in [-0.2, -0.15) is 0 Å². The van der Waals surface area contributed by atoms with Crippen LogP contribution in [0, 0.1) is 5.92 Å². The number of benzene rings is 1. The number of aryl methyl sites for hydroxylation is 1. The molecule has 0 bridgehead atoms. The summed E-state index contributed by atoms with van der Waals surface area (Å²) in [6.07, 6.45) is 6.16. The number of carbonyl (C=O) groups is 2. The Morgan fingerprint density at radius 1 is 1.10 bits per heavy atom. The summed E-state index contributed by atoms with van der Waals surface area (Å²) in [4.78, 5) is 27.1. The fourth-order valence-corrected chi connectivity index (χ4v) is 4.92. The third kappa shape index (κ3) is 8.04. The molecule has 0 spiro atoms. The summed E-state index contributed by atoms with van der Waals surface area (Å²) in [7, 11) is 0. The summed E-state index contributed by atoms with van der Waals surface area (Å²) < 4.78 is 17.2. The highest BCUT2D eigenvalue weighted by molar-refractivity contribution is 5.87. The van der Waals surface area contributed by atoms with Crippen molar-refractivity contribution in [2.75, 3.05) is 32.8 Å². The zero-order chi connectivity index (χ0) is 28.0. The van der Waals surface area contributed by atoms with Crippen molar-refractivity contribution in [3.63, 3.8) is 0 Å². The molecule has 39 heavy (non-hydrogen) atoms. The number of carbonyl (C=O) groups excluding carboxylic acids is 2. The summed E-state index contributed by atoms with van der Waals surface area (Å²) in [5.41, 5.74) is 4.70. The first kappa shape index (κ1) is 28.6. The first-order chi connectivity index (χ1) is 18.7. The van der Waals surface area contributed by atoms with E-state index in [-0.39, 0.29) is 12.0 Å². The van der Waals surface area contributed by atoms with E-state index in [0.29, 0.717) is 44.4 Å². The molecule has 0 radical (unpaired) electrons. The lowest BCUT2D eigenvalue weighted by Gasteiger charge is -2.29. The number of rotatable bonds is 11. The fourth-order valence-electron chi connectivity index (χ4n) is 4.92. The summed E-state index contributed by atoms with van der Waals surface area (Å²) in [5.74, 6) is 2.09. The molecule has 1 heterocycles. The molecule has 2 aliphatic carbocycles. The Balaban J connectivity index is 1.55. The molecule has 0 saturated heterocycles. The Hall–Kier alpha value is -3.42. The highest BCUT2D eigenvalue weighted by Gasteiger charge is 2.34. The molecular weight excluding hydrogens is 494 g/mol. The first-order valence-corrected chi connectivity index (χ1v) is 14.2. The smallest absolute Gasteiger partial charge is 0.407 e. The average molecular weight is 538 g/mol. The molecule has 4 rings (SSSR count). The fraction of sp³-hybridized carbons (Fsp3) is 0.548. The average Bonchev–Trinajstić information content (AvgIpc) is 3.69. The molecule has 1 aromatic rings. The van der Waals surface area contributed by atoms with E-state index < -0.39 is 5.60 Å². The maximum atomic E-state index is 13.0. The van der Waals surface area contributed by atoms with Gasteiger partial charge in [-0.1, -0.05) is 24.3 Å². The molecule has 8 heteroatoms. The van der Waals surface area contributed by atoms with Crippen LogP contribution >= 0.6 is 0 Å². The van der Waals surface area contributed by atoms with E-state index in [1.54, 1.807) is 0 Å². The predicted molar refractivity (Wildman–Crippen MR) is 151 cm³/mol. The topological polar surface area (TPSA) is 89.1 Å². The van der Waals surface area contributed by atoms with E-state index in [9.17, 15) is 9.59 Å². The van der Waals surface area contributed by atoms with Crippen molar-refractivity contribution in [2.24, 2.45) is 5.92 Å². The normalized spacial score (nSPS) is 17.7. The Kier molecular flexibility index (Phi) is 9.25. The minimum Gasteiger partial charge on any atom is -0.494 e. The monoisotopic (exact) mass is 537 g/mol. The van der Waals surface area contributed by atoms with Crippen molar-refractivity contribution >= 4 is 17.7 Å². The van der Waals surface area contributed by atoms with Gasteiger partial charge in [0.2, 0.25) is 5.91 Å². The number of nitrogens with zero attached hydrogens (tertiary/aromatic N) is 1. The standard InChI is InChI=1S/C31H43N3O5/c1-6-37-26-17-24-25(18-27(26)38-7-2)33-28(35)20-34(19-22-10-11-22)29(24)23-14-12-21(13-15-23)9-8-16-32-30(36)39-31(3,4)5/h12-15,18,22H,6-11,16-17,19-20H2,1-5H3,(H,32,36)(H,33,35). The molecule has 0 unspecified atom stereocenters. The number of alkyl carbamates (subject to hydrolysis) is 1. The van der Waals surface area contributed by atoms with Crippen molar-refractivity contribution in [1.29, 1.82) is 0 Å². The van der Waals surface area contributed by atoms with E-state index in [4.69, 9.17) is 14.2 Å². The lowest BCUT2D eigenvalue weighted by molar-refractivity contribution is -0.120. The van der Waals surface area contributed by atoms with Crippen LogP contribution in [0.1, 0.15) is 71.4 Å². The number of amides is 2. The number of ether oxygens (including phenoxy) is 3. The molecule has 2 N–H and O–H groups in total. The van der Waals surface area contributed by atoms with Crippen LogP contribution in [0.4, 0.5) is 4.79 Å². The van der Waals surface area contributed by atoms with Crippen LogP contribution in [0.5, 0.6) is 0 Å². The summed E-state index contributed by atoms with van der Waals surface area (Å²) in [5, 5.41) is 5.96. The Bertz CT molecular complexity index is 1140. The minimum atomic E-state index is -0.502. The van der Waals surface area contributed by atoms with E-state index in [2.05, 4.69) is 39.8 Å². The molecule has 8 nitrogen and oxygen atoms in total. The van der Waals surface area contributed by atoms with Gasteiger partial charge in [0.05, 0.1) is 31.2 Å². The highest BCUT2D eigenvalue weighted by atomic mass is 16.6. The summed E-state index contributed by atoms with van der Waals surface area (Å²) in [6, 6.07) is 8.58. The molecule has 1 saturated carbocycles. The number of fused-ring (bicyclic) bond motifs is 1. The highest BCUT2D eigenvalue weighted by Crippen LogP contribution is 2.40. The van der Waals surface area contributed by atoms with E-state index in [1.807, 2.05) is 40.7 Å². The molecule has 0 aromatic heterocycles. The van der Waals surface area contributed by atoms with Gasteiger partial charge in [-0.25, -0.2) is 4.79 Å². The van der Waals surface area contributed by atoms with Crippen molar-refractivity contribution < 1.29 is 23.8 Å². The maximum absolute atomic E-state index is 13.0. The van der Waals surface area contributed by atoms with Gasteiger partial charge in [0.1, 0.15) is 11.4 Å². The lowest BCUT2D eigenvalue weighted by atomic mass is 9.94. The number of allylic oxidation sites excluding steroid dienone is 3.